The quantitative estimate of drug-likeness (QED) is 0.136. The molecule has 0 amide bonds. The second kappa shape index (κ2) is 16.6. The van der Waals surface area contributed by atoms with Gasteiger partial charge in [0.05, 0.1) is 17.1 Å². The normalized spacial score (nSPS) is 11.2. The fourth-order valence-electron chi connectivity index (χ4n) is 8.97. The molecule has 0 aliphatic carbocycles. The molecule has 3 nitrogen and oxygen atoms in total. The Hall–Kier alpha value is -8.40. The summed E-state index contributed by atoms with van der Waals surface area (Å²) in [5.74, 6) is 0. The van der Waals surface area contributed by atoms with E-state index in [1.807, 2.05) is 0 Å². The van der Waals surface area contributed by atoms with E-state index >= 15 is 0 Å². The molecule has 0 spiro atoms. The maximum absolute atomic E-state index is 2.47. The first-order chi connectivity index (χ1) is 31.3. The van der Waals surface area contributed by atoms with Gasteiger partial charge in [-0.15, -0.1) is 0 Å². The van der Waals surface area contributed by atoms with Crippen LogP contribution in [-0.2, 0) is 0 Å². The number of hydrogen-bond donors (Lipinski definition) is 0. The van der Waals surface area contributed by atoms with Crippen molar-refractivity contribution < 1.29 is 0 Å². The van der Waals surface area contributed by atoms with Crippen LogP contribution in [0, 0.1) is 0 Å². The zero-order valence-corrected chi connectivity index (χ0v) is 34.7. The van der Waals surface area contributed by atoms with E-state index in [4.69, 9.17) is 0 Å². The molecule has 298 valence electrons. The van der Waals surface area contributed by atoms with E-state index in [0.717, 1.165) is 62.3 Å². The van der Waals surface area contributed by atoms with Crippen LogP contribution in [0.15, 0.2) is 261 Å². The van der Waals surface area contributed by atoms with Crippen molar-refractivity contribution in [2.24, 2.45) is 0 Å². The molecular formula is C60H43N3. The van der Waals surface area contributed by atoms with E-state index in [2.05, 4.69) is 276 Å². The molecule has 0 saturated heterocycles. The average molecular weight is 806 g/mol. The SMILES string of the molecule is c1ccc(-c2ccc(N(c3ccccc3)c3ccc4ccccc4c3)c(N(c3ccccc3)c3ccc4ccccc4c3)c2N(c2ccccc2)c2ccc3ccccc3c2)cc1. The highest BCUT2D eigenvalue weighted by molar-refractivity contribution is 6.08. The Morgan fingerprint density at radius 3 is 0.968 bits per heavy atom. The molecule has 0 bridgehead atoms. The molecule has 11 aromatic rings. The third kappa shape index (κ3) is 7.22. The second-order valence-electron chi connectivity index (χ2n) is 15.8. The topological polar surface area (TPSA) is 9.72 Å². The van der Waals surface area contributed by atoms with Crippen LogP contribution in [0.4, 0.5) is 51.2 Å². The van der Waals surface area contributed by atoms with Gasteiger partial charge < -0.3 is 14.7 Å². The number of nitrogens with zero attached hydrogens (tertiary/aromatic N) is 3. The van der Waals surface area contributed by atoms with Crippen LogP contribution in [-0.4, -0.2) is 0 Å². The minimum absolute atomic E-state index is 1.02. The molecule has 0 radical (unpaired) electrons. The highest BCUT2D eigenvalue weighted by Crippen LogP contribution is 2.56. The van der Waals surface area contributed by atoms with E-state index in [-0.39, 0.29) is 0 Å². The molecule has 11 aromatic carbocycles. The Morgan fingerprint density at radius 1 is 0.206 bits per heavy atom. The molecule has 3 heteroatoms. The van der Waals surface area contributed by atoms with Gasteiger partial charge in [0.25, 0.3) is 0 Å². The Labute approximate surface area is 368 Å². The van der Waals surface area contributed by atoms with Crippen molar-refractivity contribution in [2.45, 2.75) is 0 Å². The van der Waals surface area contributed by atoms with Gasteiger partial charge in [-0.05, 0) is 117 Å². The minimum Gasteiger partial charge on any atom is -0.308 e. The third-order valence-corrected chi connectivity index (χ3v) is 11.9. The summed E-state index contributed by atoms with van der Waals surface area (Å²) >= 11 is 0. The van der Waals surface area contributed by atoms with Crippen LogP contribution in [0.3, 0.4) is 0 Å². The molecule has 0 heterocycles. The van der Waals surface area contributed by atoms with Crippen molar-refractivity contribution >= 4 is 83.5 Å². The van der Waals surface area contributed by atoms with E-state index < -0.39 is 0 Å². The zero-order chi connectivity index (χ0) is 42.0. The number of benzene rings is 11. The van der Waals surface area contributed by atoms with Crippen LogP contribution >= 0.6 is 0 Å². The summed E-state index contributed by atoms with van der Waals surface area (Å²) in [6.07, 6.45) is 0. The summed E-state index contributed by atoms with van der Waals surface area (Å²) in [6, 6.07) is 94.3. The number of para-hydroxylation sites is 3. The molecule has 0 aliphatic heterocycles. The fraction of sp³-hybridized carbons (Fsp3) is 0. The lowest BCUT2D eigenvalue weighted by molar-refractivity contribution is 1.20. The largest absolute Gasteiger partial charge is 0.308 e. The summed E-state index contributed by atoms with van der Waals surface area (Å²) in [5.41, 5.74) is 11.6. The molecule has 0 fully saturated rings. The van der Waals surface area contributed by atoms with Gasteiger partial charge in [-0.25, -0.2) is 0 Å². The van der Waals surface area contributed by atoms with Gasteiger partial charge in [0.15, 0.2) is 0 Å². The summed E-state index contributed by atoms with van der Waals surface area (Å²) in [7, 11) is 0. The Kier molecular flexibility index (Phi) is 9.89. The van der Waals surface area contributed by atoms with Crippen LogP contribution in [0.25, 0.3) is 43.4 Å². The van der Waals surface area contributed by atoms with Gasteiger partial charge in [0, 0.05) is 39.7 Å². The molecule has 0 saturated carbocycles. The molecule has 0 N–H and O–H groups in total. The monoisotopic (exact) mass is 805 g/mol. The molecular weight excluding hydrogens is 763 g/mol. The predicted molar refractivity (Wildman–Crippen MR) is 268 cm³/mol. The van der Waals surface area contributed by atoms with Crippen LogP contribution in [0.5, 0.6) is 0 Å². The molecule has 63 heavy (non-hydrogen) atoms. The predicted octanol–water partition coefficient (Wildman–Crippen LogP) is 17.2. The minimum atomic E-state index is 1.02. The first kappa shape index (κ1) is 37.6. The van der Waals surface area contributed by atoms with Crippen LogP contribution < -0.4 is 14.7 Å². The average Bonchev–Trinajstić information content (AvgIpc) is 3.36. The van der Waals surface area contributed by atoms with Crippen LogP contribution in [0.2, 0.25) is 0 Å². The lowest BCUT2D eigenvalue weighted by atomic mass is 9.96. The first-order valence-electron chi connectivity index (χ1n) is 21.5. The second-order valence-corrected chi connectivity index (χ2v) is 15.8. The van der Waals surface area contributed by atoms with E-state index in [1.54, 1.807) is 0 Å². The van der Waals surface area contributed by atoms with Gasteiger partial charge in [-0.1, -0.05) is 182 Å². The van der Waals surface area contributed by atoms with Crippen molar-refractivity contribution in [3.8, 4) is 11.1 Å². The maximum atomic E-state index is 2.47. The number of fused-ring (bicyclic) bond motifs is 3. The molecule has 11 rings (SSSR count). The molecule has 0 unspecified atom stereocenters. The maximum Gasteiger partial charge on any atom is 0.0952 e. The number of hydrogen-bond acceptors (Lipinski definition) is 3. The lowest BCUT2D eigenvalue weighted by Crippen LogP contribution is -2.21. The van der Waals surface area contributed by atoms with Crippen molar-refractivity contribution in [1.82, 2.24) is 0 Å². The summed E-state index contributed by atoms with van der Waals surface area (Å²) in [5, 5.41) is 7.10. The number of anilines is 9. The van der Waals surface area contributed by atoms with Gasteiger partial charge >= 0.3 is 0 Å². The smallest absolute Gasteiger partial charge is 0.0952 e. The zero-order valence-electron chi connectivity index (χ0n) is 34.7. The lowest BCUT2D eigenvalue weighted by Gasteiger charge is -2.39. The summed E-state index contributed by atoms with van der Waals surface area (Å²) in [6.45, 7) is 0. The van der Waals surface area contributed by atoms with E-state index in [1.165, 1.54) is 32.3 Å². The van der Waals surface area contributed by atoms with Crippen molar-refractivity contribution in [3.05, 3.63) is 261 Å². The van der Waals surface area contributed by atoms with Crippen LogP contribution in [0.1, 0.15) is 0 Å². The highest BCUT2D eigenvalue weighted by atomic mass is 15.3. The fourth-order valence-corrected chi connectivity index (χ4v) is 8.97. The number of rotatable bonds is 10. The van der Waals surface area contributed by atoms with Crippen molar-refractivity contribution in [2.75, 3.05) is 14.7 Å². The molecule has 0 aliphatic rings. The summed E-state index contributed by atoms with van der Waals surface area (Å²) < 4.78 is 0. The summed E-state index contributed by atoms with van der Waals surface area (Å²) in [4.78, 5) is 7.37. The Morgan fingerprint density at radius 2 is 0.540 bits per heavy atom. The molecule has 0 aromatic heterocycles. The van der Waals surface area contributed by atoms with Gasteiger partial charge in [-0.3, -0.25) is 0 Å². The van der Waals surface area contributed by atoms with E-state index in [9.17, 15) is 0 Å². The highest BCUT2D eigenvalue weighted by Gasteiger charge is 2.31. The van der Waals surface area contributed by atoms with Crippen molar-refractivity contribution in [3.63, 3.8) is 0 Å². The van der Waals surface area contributed by atoms with Crippen molar-refractivity contribution in [1.29, 1.82) is 0 Å². The van der Waals surface area contributed by atoms with E-state index in [0.29, 0.717) is 0 Å². The molecule has 0 atom stereocenters. The first-order valence-corrected chi connectivity index (χ1v) is 21.5. The third-order valence-electron chi connectivity index (χ3n) is 11.9. The Bertz CT molecular complexity index is 3350. The Balaban J connectivity index is 1.33. The van der Waals surface area contributed by atoms with Gasteiger partial charge in [0.2, 0.25) is 0 Å². The van der Waals surface area contributed by atoms with Gasteiger partial charge in [0.1, 0.15) is 0 Å². The standard InChI is InChI=1S/C60H43N3/c1-5-22-47(23-6-1)57-39-40-58(61(51-27-7-2-8-28-51)54-36-33-44-19-13-16-24-48(44)41-54)60(63(53-31-11-4-12-32-53)56-38-35-46-21-15-18-26-50(46)43-56)59(57)62(52-29-9-3-10-30-52)55-37-34-45-20-14-17-25-49(45)42-55/h1-43H. The van der Waals surface area contributed by atoms with Gasteiger partial charge in [-0.2, -0.15) is 0 Å².